The zero-order valence-electron chi connectivity index (χ0n) is 10.6. The molecule has 0 unspecified atom stereocenters. The van der Waals surface area contributed by atoms with Gasteiger partial charge < -0.3 is 5.11 Å². The van der Waals surface area contributed by atoms with Gasteiger partial charge in [-0.1, -0.05) is 23.7 Å². The number of nitrogens with one attached hydrogen (secondary N) is 1. The Balaban J connectivity index is 2.19. The maximum absolute atomic E-state index is 12.0. The van der Waals surface area contributed by atoms with Crippen molar-refractivity contribution >= 4 is 11.6 Å². The summed E-state index contributed by atoms with van der Waals surface area (Å²) in [7, 11) is 0. The number of benzene rings is 1. The molecule has 1 saturated carbocycles. The predicted molar refractivity (Wildman–Crippen MR) is 76.2 cm³/mol. The van der Waals surface area contributed by atoms with E-state index in [9.17, 15) is 14.7 Å². The number of rotatable bonds is 3. The molecule has 2 N–H and O–H groups in total. The number of hydrogen-bond acceptors (Lipinski definition) is 3. The summed E-state index contributed by atoms with van der Waals surface area (Å²) in [6, 6.07) is 6.61. The van der Waals surface area contributed by atoms with E-state index in [1.54, 1.807) is 24.3 Å². The highest BCUT2D eigenvalue weighted by Gasteiger charge is 2.25. The van der Waals surface area contributed by atoms with E-state index in [2.05, 4.69) is 4.98 Å². The molecule has 0 spiro atoms. The quantitative estimate of drug-likeness (QED) is 0.908. The van der Waals surface area contributed by atoms with Crippen LogP contribution in [0.3, 0.4) is 0 Å². The molecule has 1 aromatic carbocycles. The summed E-state index contributed by atoms with van der Waals surface area (Å²) in [6.07, 6.45) is 2.08. The Morgan fingerprint density at radius 2 is 2.10 bits per heavy atom. The summed E-state index contributed by atoms with van der Waals surface area (Å²) in [6.45, 7) is 0.426. The lowest BCUT2D eigenvalue weighted by Crippen LogP contribution is -2.31. The van der Waals surface area contributed by atoms with Gasteiger partial charge >= 0.3 is 5.69 Å². The lowest BCUT2D eigenvalue weighted by molar-refractivity contribution is 0.395. The highest BCUT2D eigenvalue weighted by atomic mass is 35.5. The van der Waals surface area contributed by atoms with Crippen molar-refractivity contribution in [2.75, 3.05) is 0 Å². The zero-order chi connectivity index (χ0) is 14.3. The van der Waals surface area contributed by atoms with E-state index in [1.165, 1.54) is 4.57 Å². The van der Waals surface area contributed by atoms with Crippen LogP contribution in [0.4, 0.5) is 0 Å². The van der Waals surface area contributed by atoms with Crippen LogP contribution in [0.2, 0.25) is 5.02 Å². The van der Waals surface area contributed by atoms with Gasteiger partial charge in [-0.25, -0.2) is 4.79 Å². The molecule has 0 saturated heterocycles. The maximum atomic E-state index is 12.0. The molecule has 2 aromatic rings. The van der Waals surface area contributed by atoms with Crippen molar-refractivity contribution in [2.45, 2.75) is 19.4 Å². The Kier molecular flexibility index (Phi) is 3.14. The minimum absolute atomic E-state index is 0.0766. The molecule has 0 amide bonds. The fourth-order valence-electron chi connectivity index (χ4n) is 2.19. The van der Waals surface area contributed by atoms with Crippen LogP contribution in [0.1, 0.15) is 12.8 Å². The fraction of sp³-hybridized carbons (Fsp3) is 0.286. The van der Waals surface area contributed by atoms with Crippen molar-refractivity contribution in [3.05, 3.63) is 50.1 Å². The van der Waals surface area contributed by atoms with Crippen LogP contribution in [-0.4, -0.2) is 14.7 Å². The van der Waals surface area contributed by atoms with Gasteiger partial charge in [0.1, 0.15) is 5.56 Å². The van der Waals surface area contributed by atoms with E-state index < -0.39 is 11.2 Å². The number of aromatic amines is 1. The average molecular weight is 293 g/mol. The number of nitrogens with zero attached hydrogens (tertiary/aromatic N) is 1. The molecule has 0 radical (unpaired) electrons. The van der Waals surface area contributed by atoms with E-state index in [-0.39, 0.29) is 11.4 Å². The van der Waals surface area contributed by atoms with Crippen molar-refractivity contribution in [3.63, 3.8) is 0 Å². The molecule has 6 heteroatoms. The van der Waals surface area contributed by atoms with Crippen LogP contribution in [0.15, 0.2) is 33.9 Å². The first-order valence-corrected chi connectivity index (χ1v) is 6.76. The van der Waals surface area contributed by atoms with Gasteiger partial charge in [-0.2, -0.15) is 0 Å². The molecular formula is C14H13ClN2O3. The molecule has 3 rings (SSSR count). The topological polar surface area (TPSA) is 75.1 Å². The Labute approximate surface area is 119 Å². The SMILES string of the molecule is O=c1[nH]c(=O)n(CC2CC2)c(O)c1-c1cccc(Cl)c1. The van der Waals surface area contributed by atoms with E-state index in [4.69, 9.17) is 11.6 Å². The van der Waals surface area contributed by atoms with Gasteiger partial charge in [0.25, 0.3) is 5.56 Å². The van der Waals surface area contributed by atoms with Crippen molar-refractivity contribution in [2.24, 2.45) is 5.92 Å². The molecule has 104 valence electrons. The number of aromatic hydroxyl groups is 1. The smallest absolute Gasteiger partial charge is 0.331 e. The predicted octanol–water partition coefficient (Wildman–Crippen LogP) is 1.97. The van der Waals surface area contributed by atoms with Crippen molar-refractivity contribution in [3.8, 4) is 17.0 Å². The average Bonchev–Trinajstić information content (AvgIpc) is 3.18. The standard InChI is InChI=1S/C14H13ClN2O3/c15-10-3-1-2-9(6-10)11-12(18)16-14(20)17(13(11)19)7-8-4-5-8/h1-3,6,8,19H,4-5,7H2,(H,16,18,20). The molecular weight excluding hydrogens is 280 g/mol. The second-order valence-electron chi connectivity index (χ2n) is 5.02. The number of halogens is 1. The lowest BCUT2D eigenvalue weighted by atomic mass is 10.1. The Morgan fingerprint density at radius 1 is 1.35 bits per heavy atom. The third-order valence-corrected chi connectivity index (χ3v) is 3.66. The van der Waals surface area contributed by atoms with E-state index in [1.807, 2.05) is 0 Å². The number of hydrogen-bond donors (Lipinski definition) is 2. The number of aromatic nitrogens is 2. The largest absolute Gasteiger partial charge is 0.494 e. The van der Waals surface area contributed by atoms with Gasteiger partial charge in [-0.3, -0.25) is 14.3 Å². The third-order valence-electron chi connectivity index (χ3n) is 3.42. The van der Waals surface area contributed by atoms with Crippen molar-refractivity contribution < 1.29 is 5.11 Å². The van der Waals surface area contributed by atoms with Crippen LogP contribution in [0.25, 0.3) is 11.1 Å². The molecule has 20 heavy (non-hydrogen) atoms. The molecule has 1 fully saturated rings. The van der Waals surface area contributed by atoms with Gasteiger partial charge in [-0.15, -0.1) is 0 Å². The Morgan fingerprint density at radius 3 is 2.75 bits per heavy atom. The normalized spacial score (nSPS) is 14.4. The monoisotopic (exact) mass is 292 g/mol. The van der Waals surface area contributed by atoms with Gasteiger partial charge in [0.15, 0.2) is 0 Å². The summed E-state index contributed by atoms with van der Waals surface area (Å²) in [5.74, 6) is 0.102. The molecule has 5 nitrogen and oxygen atoms in total. The van der Waals surface area contributed by atoms with Crippen LogP contribution in [0.5, 0.6) is 5.88 Å². The van der Waals surface area contributed by atoms with Crippen LogP contribution >= 0.6 is 11.6 Å². The highest BCUT2D eigenvalue weighted by molar-refractivity contribution is 6.30. The van der Waals surface area contributed by atoms with Crippen LogP contribution in [0, 0.1) is 5.92 Å². The Bertz CT molecular complexity index is 775. The Hall–Kier alpha value is -2.01. The van der Waals surface area contributed by atoms with E-state index in [0.29, 0.717) is 23.0 Å². The second-order valence-corrected chi connectivity index (χ2v) is 5.46. The van der Waals surface area contributed by atoms with Gasteiger partial charge in [0.2, 0.25) is 5.88 Å². The van der Waals surface area contributed by atoms with Crippen molar-refractivity contribution in [1.82, 2.24) is 9.55 Å². The molecule has 1 aliphatic carbocycles. The zero-order valence-corrected chi connectivity index (χ0v) is 11.4. The molecule has 1 aliphatic rings. The molecule has 1 heterocycles. The first-order valence-electron chi connectivity index (χ1n) is 6.38. The summed E-state index contributed by atoms with van der Waals surface area (Å²) in [5.41, 5.74) is -0.625. The first-order chi connectivity index (χ1) is 9.56. The summed E-state index contributed by atoms with van der Waals surface area (Å²) >= 11 is 5.90. The van der Waals surface area contributed by atoms with Gasteiger partial charge in [0.05, 0.1) is 0 Å². The molecule has 0 bridgehead atoms. The second kappa shape index (κ2) is 4.83. The van der Waals surface area contributed by atoms with Crippen molar-refractivity contribution in [1.29, 1.82) is 0 Å². The third kappa shape index (κ3) is 2.36. The van der Waals surface area contributed by atoms with Gasteiger partial charge in [0, 0.05) is 11.6 Å². The summed E-state index contributed by atoms with van der Waals surface area (Å²) in [5, 5.41) is 10.7. The first kappa shape index (κ1) is 13.0. The molecule has 0 atom stereocenters. The minimum Gasteiger partial charge on any atom is -0.494 e. The maximum Gasteiger partial charge on any atom is 0.331 e. The summed E-state index contributed by atoms with van der Waals surface area (Å²) < 4.78 is 1.22. The van der Waals surface area contributed by atoms with E-state index in [0.717, 1.165) is 12.8 Å². The molecule has 0 aliphatic heterocycles. The van der Waals surface area contributed by atoms with Crippen LogP contribution < -0.4 is 11.2 Å². The minimum atomic E-state index is -0.609. The fourth-order valence-corrected chi connectivity index (χ4v) is 2.38. The molecule has 1 aromatic heterocycles. The highest BCUT2D eigenvalue weighted by Crippen LogP contribution is 2.33. The van der Waals surface area contributed by atoms with E-state index >= 15 is 0 Å². The number of H-pyrrole nitrogens is 1. The summed E-state index contributed by atoms with van der Waals surface area (Å²) in [4.78, 5) is 26.0. The van der Waals surface area contributed by atoms with Crippen LogP contribution in [-0.2, 0) is 6.54 Å². The lowest BCUT2D eigenvalue weighted by Gasteiger charge is -2.11. The van der Waals surface area contributed by atoms with Gasteiger partial charge in [-0.05, 0) is 36.5 Å².